The molecule has 25 heavy (non-hydrogen) atoms. The fourth-order valence-corrected chi connectivity index (χ4v) is 5.30. The zero-order valence-electron chi connectivity index (χ0n) is 16.5. The van der Waals surface area contributed by atoms with Gasteiger partial charge in [0, 0.05) is 61.2 Å². The summed E-state index contributed by atoms with van der Waals surface area (Å²) in [6.45, 7) is 4.45. The fraction of sp³-hybridized carbons (Fsp3) is 1.00. The van der Waals surface area contributed by atoms with Crippen molar-refractivity contribution in [3.05, 3.63) is 0 Å². The zero-order valence-corrected chi connectivity index (χ0v) is 18.5. The van der Waals surface area contributed by atoms with Crippen LogP contribution in [-0.4, -0.2) is 103 Å². The monoisotopic (exact) mass is 397 g/mol. The van der Waals surface area contributed by atoms with E-state index in [4.69, 9.17) is 22.1 Å². The highest BCUT2D eigenvalue weighted by molar-refractivity contribution is 6.60. The maximum absolute atomic E-state index is 9.24. The zero-order chi connectivity index (χ0) is 19.0. The first-order chi connectivity index (χ1) is 12.1. The Kier molecular flexibility index (Phi) is 16.4. The molecule has 0 amide bonds. The maximum Gasteiger partial charge on any atom is 0.500 e. The van der Waals surface area contributed by atoms with Gasteiger partial charge in [0.25, 0.3) is 0 Å². The van der Waals surface area contributed by atoms with Crippen LogP contribution in [0.1, 0.15) is 12.8 Å². The molecule has 0 aromatic carbocycles. The average molecular weight is 398 g/mol. The van der Waals surface area contributed by atoms with Crippen LogP contribution >= 0.6 is 0 Å². The van der Waals surface area contributed by atoms with Crippen molar-refractivity contribution < 1.29 is 27.2 Å². The van der Waals surface area contributed by atoms with Crippen LogP contribution in [-0.2, 0) is 22.1 Å². The summed E-state index contributed by atoms with van der Waals surface area (Å²) in [4.78, 5) is 2.24. The Labute approximate surface area is 155 Å². The average Bonchev–Trinajstić information content (AvgIpc) is 2.65. The second kappa shape index (κ2) is 16.3. The molecule has 0 fully saturated rings. The van der Waals surface area contributed by atoms with E-state index < -0.39 is 18.1 Å². The van der Waals surface area contributed by atoms with Crippen LogP contribution in [0.3, 0.4) is 0 Å². The van der Waals surface area contributed by atoms with Crippen molar-refractivity contribution in [3.8, 4) is 0 Å². The van der Waals surface area contributed by atoms with Crippen LogP contribution in [0.25, 0.3) is 0 Å². The van der Waals surface area contributed by atoms with E-state index >= 15 is 0 Å². The molecule has 0 saturated carbocycles. The SMILES string of the molecule is CO[Si](CCCNCCN(CCO)CCC[Si](OC)(OC)OC)OC. The number of aliphatic hydroxyl groups is 1. The highest BCUT2D eigenvalue weighted by Crippen LogP contribution is 2.15. The summed E-state index contributed by atoms with van der Waals surface area (Å²) in [6, 6.07) is 1.74. The Morgan fingerprint density at radius 1 is 0.880 bits per heavy atom. The van der Waals surface area contributed by atoms with E-state index in [-0.39, 0.29) is 6.61 Å². The highest BCUT2D eigenvalue weighted by Gasteiger charge is 2.36. The molecular formula is C15H37N2O6Si2. The minimum Gasteiger partial charge on any atom is -0.397 e. The van der Waals surface area contributed by atoms with Crippen LogP contribution < -0.4 is 5.32 Å². The predicted molar refractivity (Wildman–Crippen MR) is 102 cm³/mol. The van der Waals surface area contributed by atoms with Crippen molar-refractivity contribution in [2.24, 2.45) is 0 Å². The molecule has 0 aliphatic carbocycles. The lowest BCUT2D eigenvalue weighted by molar-refractivity contribution is 0.120. The number of aliphatic hydroxyl groups excluding tert-OH is 1. The molecule has 10 heteroatoms. The summed E-state index contributed by atoms with van der Waals surface area (Å²) < 4.78 is 26.8. The topological polar surface area (TPSA) is 81.7 Å². The van der Waals surface area contributed by atoms with Gasteiger partial charge in [0.05, 0.1) is 6.61 Å². The van der Waals surface area contributed by atoms with Crippen molar-refractivity contribution in [1.29, 1.82) is 0 Å². The van der Waals surface area contributed by atoms with Gasteiger partial charge in [-0.05, 0) is 32.0 Å². The highest BCUT2D eigenvalue weighted by atomic mass is 28.4. The first kappa shape index (κ1) is 25.1. The smallest absolute Gasteiger partial charge is 0.397 e. The number of nitrogens with zero attached hydrogens (tertiary/aromatic N) is 1. The second-order valence-corrected chi connectivity index (χ2v) is 10.7. The molecule has 151 valence electrons. The largest absolute Gasteiger partial charge is 0.500 e. The molecule has 0 aliphatic rings. The summed E-state index contributed by atoms with van der Waals surface area (Å²) in [7, 11) is 4.72. The first-order valence-electron chi connectivity index (χ1n) is 8.74. The third-order valence-corrected chi connectivity index (χ3v) is 8.61. The van der Waals surface area contributed by atoms with Gasteiger partial charge in [0.1, 0.15) is 0 Å². The number of hydrogen-bond donors (Lipinski definition) is 2. The molecule has 0 saturated heterocycles. The molecule has 0 spiro atoms. The standard InChI is InChI=1S/C15H37N2O6Si2/c1-19-24(20-2)14-6-8-16-9-11-17(12-13-18)10-7-15-25(21-3,22-4)23-5/h16,18H,6-15H2,1-5H3. The normalized spacial score (nSPS) is 12.5. The van der Waals surface area contributed by atoms with Gasteiger partial charge >= 0.3 is 18.1 Å². The molecule has 0 bridgehead atoms. The molecule has 0 atom stereocenters. The van der Waals surface area contributed by atoms with Gasteiger partial charge in [0.2, 0.25) is 0 Å². The Balaban J connectivity index is 3.94. The second-order valence-electron chi connectivity index (χ2n) is 5.60. The molecule has 0 aromatic rings. The van der Waals surface area contributed by atoms with Gasteiger partial charge in [-0.25, -0.2) is 0 Å². The van der Waals surface area contributed by atoms with E-state index in [1.807, 2.05) is 0 Å². The van der Waals surface area contributed by atoms with E-state index in [9.17, 15) is 5.11 Å². The number of nitrogens with one attached hydrogen (secondary N) is 1. The summed E-state index contributed by atoms with van der Waals surface area (Å²) in [5, 5.41) is 12.7. The van der Waals surface area contributed by atoms with Gasteiger partial charge in [-0.2, -0.15) is 0 Å². The molecule has 0 unspecified atom stereocenters. The molecule has 2 N–H and O–H groups in total. The molecule has 0 aliphatic heterocycles. The quantitative estimate of drug-likeness (QED) is 0.253. The summed E-state index contributed by atoms with van der Waals surface area (Å²) >= 11 is 0. The summed E-state index contributed by atoms with van der Waals surface area (Å²) in [5.41, 5.74) is 0. The minimum atomic E-state index is -2.50. The molecule has 8 nitrogen and oxygen atoms in total. The lowest BCUT2D eigenvalue weighted by Crippen LogP contribution is -2.43. The Morgan fingerprint density at radius 3 is 2.04 bits per heavy atom. The van der Waals surface area contributed by atoms with Crippen LogP contribution in [0.2, 0.25) is 12.1 Å². The lowest BCUT2D eigenvalue weighted by Gasteiger charge is -2.26. The Hall–Kier alpha value is 0.114. The minimum absolute atomic E-state index is 0.162. The van der Waals surface area contributed by atoms with E-state index in [2.05, 4.69) is 10.2 Å². The Morgan fingerprint density at radius 2 is 1.52 bits per heavy atom. The Bertz CT molecular complexity index is 289. The van der Waals surface area contributed by atoms with E-state index in [1.165, 1.54) is 0 Å². The van der Waals surface area contributed by atoms with Gasteiger partial charge in [-0.15, -0.1) is 0 Å². The van der Waals surface area contributed by atoms with Crippen LogP contribution in [0.4, 0.5) is 0 Å². The third-order valence-electron chi connectivity index (χ3n) is 4.10. The number of hydrogen-bond acceptors (Lipinski definition) is 8. The molecule has 0 aromatic heterocycles. The number of rotatable bonds is 18. The van der Waals surface area contributed by atoms with Crippen LogP contribution in [0.15, 0.2) is 0 Å². The van der Waals surface area contributed by atoms with Crippen molar-refractivity contribution >= 4 is 18.1 Å². The molecule has 0 heterocycles. The lowest BCUT2D eigenvalue weighted by atomic mass is 10.4. The molecule has 1 radical (unpaired) electrons. The van der Waals surface area contributed by atoms with Crippen LogP contribution in [0, 0.1) is 0 Å². The van der Waals surface area contributed by atoms with E-state index in [0.717, 1.165) is 51.1 Å². The van der Waals surface area contributed by atoms with Gasteiger partial charge < -0.3 is 32.6 Å². The van der Waals surface area contributed by atoms with Crippen molar-refractivity contribution in [2.75, 3.05) is 74.9 Å². The third kappa shape index (κ3) is 11.4. The maximum atomic E-state index is 9.24. The van der Waals surface area contributed by atoms with Crippen molar-refractivity contribution in [3.63, 3.8) is 0 Å². The van der Waals surface area contributed by atoms with Gasteiger partial charge in [-0.1, -0.05) is 0 Å². The van der Waals surface area contributed by atoms with Crippen molar-refractivity contribution in [2.45, 2.75) is 24.9 Å². The van der Waals surface area contributed by atoms with Crippen molar-refractivity contribution in [1.82, 2.24) is 10.2 Å². The predicted octanol–water partition coefficient (Wildman–Crippen LogP) is 0.310. The summed E-state index contributed by atoms with van der Waals surface area (Å²) in [6.07, 6.45) is 1.95. The van der Waals surface area contributed by atoms with Crippen LogP contribution in [0.5, 0.6) is 0 Å². The fourth-order valence-electron chi connectivity index (χ4n) is 2.56. The molecule has 0 rings (SSSR count). The summed E-state index contributed by atoms with van der Waals surface area (Å²) in [5.74, 6) is 0. The first-order valence-corrected chi connectivity index (χ1v) is 12.2. The molecular weight excluding hydrogens is 360 g/mol. The van der Waals surface area contributed by atoms with E-state index in [1.54, 1.807) is 35.5 Å². The van der Waals surface area contributed by atoms with Gasteiger partial charge in [-0.3, -0.25) is 4.90 Å². The van der Waals surface area contributed by atoms with E-state index in [0.29, 0.717) is 6.54 Å². The van der Waals surface area contributed by atoms with Gasteiger partial charge in [0.15, 0.2) is 0 Å².